The van der Waals surface area contributed by atoms with Crippen LogP contribution < -0.4 is 5.73 Å². The van der Waals surface area contributed by atoms with Crippen LogP contribution in [-0.4, -0.2) is 21.8 Å². The summed E-state index contributed by atoms with van der Waals surface area (Å²) in [7, 11) is 0. The van der Waals surface area contributed by atoms with Crippen molar-refractivity contribution in [2.45, 2.75) is 59.0 Å². The summed E-state index contributed by atoms with van der Waals surface area (Å²) >= 11 is 0. The van der Waals surface area contributed by atoms with E-state index >= 15 is 0 Å². The zero-order valence-corrected chi connectivity index (χ0v) is 19.8. The third-order valence-electron chi connectivity index (χ3n) is 8.56. The largest absolute Gasteiger partial charge is 0.369 e. The van der Waals surface area contributed by atoms with Crippen LogP contribution in [0.3, 0.4) is 0 Å². The molecule has 0 bridgehead atoms. The van der Waals surface area contributed by atoms with Crippen molar-refractivity contribution in [3.8, 4) is 6.07 Å². The molecule has 1 aromatic heterocycles. The Morgan fingerprint density at radius 1 is 1.18 bits per heavy atom. The summed E-state index contributed by atoms with van der Waals surface area (Å²) in [4.78, 5) is 25.3. The van der Waals surface area contributed by atoms with E-state index in [9.17, 15) is 10.1 Å². The lowest BCUT2D eigenvalue weighted by molar-refractivity contribution is -0.139. The molecule has 2 aliphatic carbocycles. The molecule has 5 atom stereocenters. The molecule has 2 heterocycles. The molecule has 1 aromatic carbocycles. The Morgan fingerprint density at radius 2 is 1.91 bits per heavy atom. The third-order valence-corrected chi connectivity index (χ3v) is 8.56. The van der Waals surface area contributed by atoms with Gasteiger partial charge in [-0.3, -0.25) is 14.7 Å². The van der Waals surface area contributed by atoms with Crippen LogP contribution in [0.4, 0.5) is 0 Å². The van der Waals surface area contributed by atoms with Gasteiger partial charge < -0.3 is 5.73 Å². The van der Waals surface area contributed by atoms with Crippen LogP contribution in [0.15, 0.2) is 41.5 Å². The van der Waals surface area contributed by atoms with E-state index in [1.54, 1.807) is 11.1 Å². The van der Waals surface area contributed by atoms with Gasteiger partial charge in [-0.05, 0) is 84.9 Å². The first-order chi connectivity index (χ1) is 15.7. The highest BCUT2D eigenvalue weighted by atomic mass is 16.2. The number of aliphatic imine (C=N–C) groups is 1. The molecule has 33 heavy (non-hydrogen) atoms. The Hall–Kier alpha value is -3.20. The zero-order chi connectivity index (χ0) is 23.5. The number of nitriles is 1. The maximum atomic E-state index is 14.4. The fourth-order valence-corrected chi connectivity index (χ4v) is 6.74. The number of nitrogens with two attached hydrogens (primary N) is 1. The van der Waals surface area contributed by atoms with E-state index in [0.717, 1.165) is 41.6 Å². The van der Waals surface area contributed by atoms with Crippen LogP contribution in [0, 0.1) is 41.4 Å². The second-order valence-electron chi connectivity index (χ2n) is 10.5. The lowest BCUT2D eigenvalue weighted by atomic mass is 9.55. The molecule has 2 N–H and O–H groups in total. The lowest BCUT2D eigenvalue weighted by Gasteiger charge is -2.50. The molecule has 0 radical (unpaired) electrons. The molecular formula is C27H31N5O. The molecule has 2 unspecified atom stereocenters. The molecule has 3 aliphatic rings. The summed E-state index contributed by atoms with van der Waals surface area (Å²) in [5.41, 5.74) is 9.52. The van der Waals surface area contributed by atoms with Crippen molar-refractivity contribution in [1.29, 1.82) is 5.26 Å². The van der Waals surface area contributed by atoms with Crippen LogP contribution in [0.1, 0.15) is 61.6 Å². The van der Waals surface area contributed by atoms with E-state index in [4.69, 9.17) is 10.7 Å². The van der Waals surface area contributed by atoms with Crippen LogP contribution in [-0.2, 0) is 23.3 Å². The number of guanidine groups is 1. The Kier molecular flexibility index (Phi) is 4.86. The second-order valence-corrected chi connectivity index (χ2v) is 10.5. The Morgan fingerprint density at radius 3 is 2.58 bits per heavy atom. The van der Waals surface area contributed by atoms with Crippen molar-refractivity contribution in [2.75, 3.05) is 0 Å². The predicted molar refractivity (Wildman–Crippen MR) is 127 cm³/mol. The number of carbonyl (C=O) groups excluding carboxylic acids is 1. The topological polar surface area (TPSA) is 95.4 Å². The second kappa shape index (κ2) is 7.41. The molecule has 1 saturated carbocycles. The lowest BCUT2D eigenvalue weighted by Crippen LogP contribution is -2.53. The maximum absolute atomic E-state index is 14.4. The van der Waals surface area contributed by atoms with Gasteiger partial charge in [-0.25, -0.2) is 4.99 Å². The molecule has 1 aliphatic heterocycles. The zero-order valence-electron chi connectivity index (χ0n) is 19.8. The highest BCUT2D eigenvalue weighted by molar-refractivity contribution is 6.08. The first-order valence-corrected chi connectivity index (χ1v) is 11.8. The van der Waals surface area contributed by atoms with Crippen molar-refractivity contribution >= 4 is 11.9 Å². The minimum absolute atomic E-state index is 0.0581. The Balaban J connectivity index is 1.66. The highest BCUT2D eigenvalue weighted by Gasteiger charge is 2.67. The number of carbonyl (C=O) groups is 1. The molecule has 6 nitrogen and oxygen atoms in total. The molecule has 1 amide bonds. The fraction of sp³-hybridized carbons (Fsp3) is 0.481. The standard InChI is InChI=1S/C27H31N5O/c1-16-11-26(12-17(2)19(16)4)13-22-6-5-20(14-28)10-23(22)27(26)24(33)32(25(29)31-27)15-21-7-8-30-18(3)9-21/h5-10,16-17,19H,11-13,15H2,1-4H3,(H2,29,31)/t16-,17+,19?,26?,27-/m1/s1. The van der Waals surface area contributed by atoms with Crippen molar-refractivity contribution in [3.05, 3.63) is 64.5 Å². The van der Waals surface area contributed by atoms with E-state index in [1.165, 1.54) is 0 Å². The van der Waals surface area contributed by atoms with Gasteiger partial charge in [-0.2, -0.15) is 5.26 Å². The minimum Gasteiger partial charge on any atom is -0.369 e. The van der Waals surface area contributed by atoms with E-state index in [1.807, 2.05) is 37.3 Å². The summed E-state index contributed by atoms with van der Waals surface area (Å²) < 4.78 is 0. The van der Waals surface area contributed by atoms with Crippen LogP contribution in [0.2, 0.25) is 0 Å². The van der Waals surface area contributed by atoms with E-state index in [-0.39, 0.29) is 17.3 Å². The molecule has 0 saturated heterocycles. The summed E-state index contributed by atoms with van der Waals surface area (Å²) in [5.74, 6) is 1.73. The van der Waals surface area contributed by atoms with E-state index in [2.05, 4.69) is 31.8 Å². The molecule has 2 spiro atoms. The van der Waals surface area contributed by atoms with Gasteiger partial charge in [0.15, 0.2) is 11.5 Å². The number of aryl methyl sites for hydroxylation is 1. The average molecular weight is 442 g/mol. The first kappa shape index (κ1) is 21.6. The Bertz CT molecular complexity index is 1200. The minimum atomic E-state index is -1.07. The number of benzene rings is 1. The van der Waals surface area contributed by atoms with Crippen molar-refractivity contribution in [2.24, 2.45) is 33.9 Å². The number of hydrogen-bond donors (Lipinski definition) is 1. The van der Waals surface area contributed by atoms with Gasteiger partial charge in [-0.1, -0.05) is 26.8 Å². The molecule has 5 rings (SSSR count). The number of aromatic nitrogens is 1. The third kappa shape index (κ3) is 3.02. The number of rotatable bonds is 2. The summed E-state index contributed by atoms with van der Waals surface area (Å²) in [5, 5.41) is 9.60. The average Bonchev–Trinajstić information content (AvgIpc) is 3.18. The van der Waals surface area contributed by atoms with Gasteiger partial charge in [0.05, 0.1) is 18.2 Å². The van der Waals surface area contributed by atoms with Gasteiger partial charge >= 0.3 is 0 Å². The van der Waals surface area contributed by atoms with Crippen molar-refractivity contribution in [3.63, 3.8) is 0 Å². The molecule has 170 valence electrons. The number of amides is 1. The van der Waals surface area contributed by atoms with Crippen molar-refractivity contribution < 1.29 is 4.79 Å². The van der Waals surface area contributed by atoms with Gasteiger partial charge in [-0.15, -0.1) is 0 Å². The van der Waals surface area contributed by atoms with Gasteiger partial charge in [0.25, 0.3) is 5.91 Å². The number of pyridine rings is 1. The first-order valence-electron chi connectivity index (χ1n) is 11.8. The molecule has 2 aromatic rings. The van der Waals surface area contributed by atoms with Crippen LogP contribution in [0.5, 0.6) is 0 Å². The van der Waals surface area contributed by atoms with Gasteiger partial charge in [0, 0.05) is 17.3 Å². The molecule has 6 heteroatoms. The predicted octanol–water partition coefficient (Wildman–Crippen LogP) is 4.06. The van der Waals surface area contributed by atoms with Crippen LogP contribution >= 0.6 is 0 Å². The summed E-state index contributed by atoms with van der Waals surface area (Å²) in [6, 6.07) is 11.9. The summed E-state index contributed by atoms with van der Waals surface area (Å²) in [6.45, 7) is 9.21. The van der Waals surface area contributed by atoms with E-state index < -0.39 is 5.54 Å². The summed E-state index contributed by atoms with van der Waals surface area (Å²) in [6.07, 6.45) is 4.38. The van der Waals surface area contributed by atoms with E-state index in [0.29, 0.717) is 29.9 Å². The smallest absolute Gasteiger partial charge is 0.262 e. The normalized spacial score (nSPS) is 32.8. The number of fused-ring (bicyclic) bond motifs is 3. The van der Waals surface area contributed by atoms with Gasteiger partial charge in [0.2, 0.25) is 0 Å². The highest BCUT2D eigenvalue weighted by Crippen LogP contribution is 2.64. The monoisotopic (exact) mass is 441 g/mol. The quantitative estimate of drug-likeness (QED) is 0.760. The van der Waals surface area contributed by atoms with Crippen LogP contribution in [0.25, 0.3) is 0 Å². The number of nitrogens with zero attached hydrogens (tertiary/aromatic N) is 4. The fourth-order valence-electron chi connectivity index (χ4n) is 6.74. The number of hydrogen-bond acceptors (Lipinski definition) is 5. The maximum Gasteiger partial charge on any atom is 0.262 e. The Labute approximate surface area is 195 Å². The molecular weight excluding hydrogens is 410 g/mol. The van der Waals surface area contributed by atoms with Gasteiger partial charge in [0.1, 0.15) is 0 Å². The van der Waals surface area contributed by atoms with Crippen molar-refractivity contribution in [1.82, 2.24) is 9.88 Å². The molecule has 1 fully saturated rings. The SMILES string of the molecule is Cc1cc(CN2C(=O)[C@]3(N=C2N)c2cc(C#N)ccc2CC32C[C@@H](C)C(C)[C@@H](C)C2)ccn1.